The highest BCUT2D eigenvalue weighted by molar-refractivity contribution is 6.31. The molecule has 17 heavy (non-hydrogen) atoms. The molecular weight excluding hydrogens is 234 g/mol. The average Bonchev–Trinajstić information content (AvgIpc) is 2.33. The van der Waals surface area contributed by atoms with E-state index < -0.39 is 0 Å². The summed E-state index contributed by atoms with van der Waals surface area (Å²) >= 11 is 6.02. The van der Waals surface area contributed by atoms with Gasteiger partial charge in [0, 0.05) is 17.3 Å². The minimum Gasteiger partial charge on any atom is -0.508 e. The number of hydrogen-bond donors (Lipinski definition) is 2. The molecule has 2 aromatic rings. The van der Waals surface area contributed by atoms with Crippen LogP contribution in [0.25, 0.3) is 0 Å². The Morgan fingerprint density at radius 3 is 2.53 bits per heavy atom. The molecule has 2 rings (SSSR count). The van der Waals surface area contributed by atoms with Crippen molar-refractivity contribution in [3.63, 3.8) is 0 Å². The van der Waals surface area contributed by atoms with E-state index in [0.717, 1.165) is 24.2 Å². The van der Waals surface area contributed by atoms with Crippen molar-refractivity contribution in [2.45, 2.75) is 6.42 Å². The zero-order valence-corrected chi connectivity index (χ0v) is 10.1. The van der Waals surface area contributed by atoms with Crippen LogP contribution >= 0.6 is 11.6 Å². The molecule has 0 spiro atoms. The van der Waals surface area contributed by atoms with Gasteiger partial charge in [0.2, 0.25) is 0 Å². The lowest BCUT2D eigenvalue weighted by molar-refractivity contribution is 0.475. The zero-order valence-electron chi connectivity index (χ0n) is 9.36. The van der Waals surface area contributed by atoms with E-state index in [1.54, 1.807) is 12.1 Å². The van der Waals surface area contributed by atoms with Crippen molar-refractivity contribution in [1.29, 1.82) is 0 Å². The molecule has 88 valence electrons. The van der Waals surface area contributed by atoms with Gasteiger partial charge in [-0.2, -0.15) is 0 Å². The fraction of sp³-hybridized carbons (Fsp3) is 0.143. The first-order valence-corrected chi connectivity index (χ1v) is 5.90. The van der Waals surface area contributed by atoms with E-state index in [4.69, 9.17) is 11.6 Å². The van der Waals surface area contributed by atoms with E-state index in [9.17, 15) is 5.11 Å². The first kappa shape index (κ1) is 11.8. The second-order valence-electron chi connectivity index (χ2n) is 3.82. The third-order valence-corrected chi connectivity index (χ3v) is 2.89. The normalized spacial score (nSPS) is 10.2. The number of hydrogen-bond acceptors (Lipinski definition) is 2. The number of phenolic OH excluding ortho intramolecular Hbond substituents is 1. The third kappa shape index (κ3) is 3.40. The highest BCUT2D eigenvalue weighted by Gasteiger charge is 2.01. The first-order chi connectivity index (χ1) is 8.25. The summed E-state index contributed by atoms with van der Waals surface area (Å²) in [7, 11) is 0. The predicted molar refractivity (Wildman–Crippen MR) is 71.8 cm³/mol. The van der Waals surface area contributed by atoms with E-state index in [-0.39, 0.29) is 5.75 Å². The van der Waals surface area contributed by atoms with Crippen molar-refractivity contribution in [1.82, 2.24) is 0 Å². The van der Waals surface area contributed by atoms with Crippen molar-refractivity contribution < 1.29 is 5.11 Å². The van der Waals surface area contributed by atoms with Gasteiger partial charge in [-0.05, 0) is 36.2 Å². The molecule has 0 aliphatic heterocycles. The number of phenols is 1. The van der Waals surface area contributed by atoms with Crippen LogP contribution in [-0.2, 0) is 6.42 Å². The molecule has 2 nitrogen and oxygen atoms in total. The smallest absolute Gasteiger partial charge is 0.117 e. The second-order valence-corrected chi connectivity index (χ2v) is 4.23. The first-order valence-electron chi connectivity index (χ1n) is 5.52. The summed E-state index contributed by atoms with van der Waals surface area (Å²) in [5, 5.41) is 13.2. The van der Waals surface area contributed by atoms with E-state index in [2.05, 4.69) is 5.32 Å². The van der Waals surface area contributed by atoms with Crippen LogP contribution in [-0.4, -0.2) is 11.7 Å². The number of aromatic hydroxyl groups is 1. The molecule has 0 aliphatic rings. The Morgan fingerprint density at radius 1 is 1.06 bits per heavy atom. The minimum atomic E-state index is 0.203. The summed E-state index contributed by atoms with van der Waals surface area (Å²) in [6.07, 6.45) is 0.827. The summed E-state index contributed by atoms with van der Waals surface area (Å²) in [4.78, 5) is 0. The van der Waals surface area contributed by atoms with E-state index in [1.165, 1.54) is 0 Å². The minimum absolute atomic E-state index is 0.203. The number of anilines is 1. The van der Waals surface area contributed by atoms with Crippen molar-refractivity contribution >= 4 is 17.3 Å². The molecule has 0 amide bonds. The van der Waals surface area contributed by atoms with Crippen molar-refractivity contribution in [3.05, 3.63) is 59.1 Å². The number of rotatable bonds is 4. The topological polar surface area (TPSA) is 32.3 Å². The van der Waals surface area contributed by atoms with Gasteiger partial charge < -0.3 is 10.4 Å². The van der Waals surface area contributed by atoms with Crippen molar-refractivity contribution in [3.8, 4) is 5.75 Å². The number of benzene rings is 2. The Kier molecular flexibility index (Phi) is 3.89. The summed E-state index contributed by atoms with van der Waals surface area (Å²) in [6.45, 7) is 0.814. The third-order valence-electron chi connectivity index (χ3n) is 2.53. The van der Waals surface area contributed by atoms with Gasteiger partial charge in [0.05, 0.1) is 0 Å². The van der Waals surface area contributed by atoms with E-state index in [1.807, 2.05) is 36.4 Å². The molecule has 0 radical (unpaired) electrons. The maximum atomic E-state index is 9.24. The van der Waals surface area contributed by atoms with Gasteiger partial charge in [-0.1, -0.05) is 35.9 Å². The maximum absolute atomic E-state index is 9.24. The van der Waals surface area contributed by atoms with Gasteiger partial charge >= 0.3 is 0 Å². The lowest BCUT2D eigenvalue weighted by Gasteiger charge is -2.07. The number of nitrogens with one attached hydrogen (secondary N) is 1. The highest BCUT2D eigenvalue weighted by atomic mass is 35.5. The van der Waals surface area contributed by atoms with Crippen LogP contribution in [0.5, 0.6) is 5.75 Å². The molecule has 0 heterocycles. The monoisotopic (exact) mass is 247 g/mol. The van der Waals surface area contributed by atoms with Crippen LogP contribution < -0.4 is 5.32 Å². The number of halogens is 1. The molecule has 0 bridgehead atoms. The standard InChI is InChI=1S/C14H14ClNO/c15-14-10-13(17)7-6-11(14)8-9-16-12-4-2-1-3-5-12/h1-7,10,16-17H,8-9H2. The van der Waals surface area contributed by atoms with Crippen LogP contribution in [0.4, 0.5) is 5.69 Å². The van der Waals surface area contributed by atoms with Gasteiger partial charge in [-0.15, -0.1) is 0 Å². The second kappa shape index (κ2) is 5.60. The molecule has 0 atom stereocenters. The van der Waals surface area contributed by atoms with Gasteiger partial charge in [-0.25, -0.2) is 0 Å². The molecule has 0 unspecified atom stereocenters. The molecule has 2 aromatic carbocycles. The summed E-state index contributed by atoms with van der Waals surface area (Å²) in [5.74, 6) is 0.203. The fourth-order valence-electron chi connectivity index (χ4n) is 1.64. The van der Waals surface area contributed by atoms with Crippen molar-refractivity contribution in [2.24, 2.45) is 0 Å². The molecule has 3 heteroatoms. The molecule has 2 N–H and O–H groups in total. The summed E-state index contributed by atoms with van der Waals surface area (Å²) in [5.41, 5.74) is 2.13. The molecule has 0 aliphatic carbocycles. The lowest BCUT2D eigenvalue weighted by Crippen LogP contribution is -2.04. The van der Waals surface area contributed by atoms with Crippen LogP contribution in [0.1, 0.15) is 5.56 Å². The van der Waals surface area contributed by atoms with Crippen LogP contribution in [0.2, 0.25) is 5.02 Å². The Hall–Kier alpha value is -1.67. The molecule has 0 fully saturated rings. The highest BCUT2D eigenvalue weighted by Crippen LogP contribution is 2.21. The van der Waals surface area contributed by atoms with Gasteiger partial charge in [0.1, 0.15) is 5.75 Å². The SMILES string of the molecule is Oc1ccc(CCNc2ccccc2)c(Cl)c1. The lowest BCUT2D eigenvalue weighted by atomic mass is 10.1. The van der Waals surface area contributed by atoms with Crippen molar-refractivity contribution in [2.75, 3.05) is 11.9 Å². The fourth-order valence-corrected chi connectivity index (χ4v) is 1.91. The van der Waals surface area contributed by atoms with Gasteiger partial charge in [0.25, 0.3) is 0 Å². The Bertz CT molecular complexity index is 485. The van der Waals surface area contributed by atoms with E-state index in [0.29, 0.717) is 5.02 Å². The largest absolute Gasteiger partial charge is 0.508 e. The van der Waals surface area contributed by atoms with Crippen LogP contribution in [0.15, 0.2) is 48.5 Å². The zero-order chi connectivity index (χ0) is 12.1. The molecule has 0 aromatic heterocycles. The maximum Gasteiger partial charge on any atom is 0.117 e. The molecule has 0 saturated heterocycles. The average molecular weight is 248 g/mol. The van der Waals surface area contributed by atoms with Gasteiger partial charge in [0.15, 0.2) is 0 Å². The summed E-state index contributed by atoms with van der Waals surface area (Å²) < 4.78 is 0. The summed E-state index contributed by atoms with van der Waals surface area (Å²) in [6, 6.07) is 15.1. The van der Waals surface area contributed by atoms with Crippen LogP contribution in [0, 0.1) is 0 Å². The Morgan fingerprint density at radius 2 is 1.82 bits per heavy atom. The number of para-hydroxylation sites is 1. The molecular formula is C14H14ClNO. The Labute approximate surface area is 106 Å². The Balaban J connectivity index is 1.90. The van der Waals surface area contributed by atoms with Crippen LogP contribution in [0.3, 0.4) is 0 Å². The quantitative estimate of drug-likeness (QED) is 0.864. The predicted octanol–water partition coefficient (Wildman–Crippen LogP) is 3.70. The van der Waals surface area contributed by atoms with Gasteiger partial charge in [-0.3, -0.25) is 0 Å². The van der Waals surface area contributed by atoms with E-state index >= 15 is 0 Å². The molecule has 0 saturated carbocycles.